The molecule has 0 N–H and O–H groups in total. The Balaban J connectivity index is 0.000000686. The summed E-state index contributed by atoms with van der Waals surface area (Å²) in [5.74, 6) is 0.974. The minimum absolute atomic E-state index is 0.974. The van der Waals surface area contributed by atoms with Crippen molar-refractivity contribution in [3.63, 3.8) is 0 Å². The van der Waals surface area contributed by atoms with E-state index in [4.69, 9.17) is 0 Å². The maximum Gasteiger partial charge on any atom is -0.0250 e. The summed E-state index contributed by atoms with van der Waals surface area (Å²) in [4.78, 5) is 0. The van der Waals surface area contributed by atoms with Crippen LogP contribution < -0.4 is 0 Å². The minimum atomic E-state index is 0.974. The molecule has 1 aliphatic rings. The quantitative estimate of drug-likeness (QED) is 0.652. The fraction of sp³-hybridized carbons (Fsp3) is 0.647. The lowest BCUT2D eigenvalue weighted by Crippen LogP contribution is -1.98. The van der Waals surface area contributed by atoms with Gasteiger partial charge in [0.2, 0.25) is 0 Å². The van der Waals surface area contributed by atoms with Crippen molar-refractivity contribution < 1.29 is 0 Å². The van der Waals surface area contributed by atoms with Crippen LogP contribution in [0.5, 0.6) is 0 Å². The monoisotopic (exact) mass is 232 g/mol. The van der Waals surface area contributed by atoms with Crippen LogP contribution in [0.3, 0.4) is 0 Å². The van der Waals surface area contributed by atoms with E-state index in [2.05, 4.69) is 31.2 Å². The van der Waals surface area contributed by atoms with E-state index in [0.29, 0.717) is 0 Å². The zero-order valence-corrected chi connectivity index (χ0v) is 11.8. The first-order chi connectivity index (χ1) is 8.38. The van der Waals surface area contributed by atoms with Gasteiger partial charge in [-0.3, -0.25) is 0 Å². The van der Waals surface area contributed by atoms with Gasteiger partial charge in [0, 0.05) is 0 Å². The van der Waals surface area contributed by atoms with Gasteiger partial charge in [0.15, 0.2) is 0 Å². The van der Waals surface area contributed by atoms with Gasteiger partial charge in [-0.2, -0.15) is 0 Å². The van der Waals surface area contributed by atoms with E-state index in [-0.39, 0.29) is 0 Å². The Bertz CT molecular complexity index is 277. The third-order valence-electron chi connectivity index (χ3n) is 3.56. The van der Waals surface area contributed by atoms with E-state index in [1.165, 1.54) is 50.5 Å². The number of aryl methyl sites for hydroxylation is 1. The SMILES string of the molecule is CC.CCCc1ccc(CC2CCCC2)cc1. The van der Waals surface area contributed by atoms with Gasteiger partial charge in [0.25, 0.3) is 0 Å². The van der Waals surface area contributed by atoms with Crippen molar-refractivity contribution in [3.8, 4) is 0 Å². The zero-order chi connectivity index (χ0) is 12.5. The molecular formula is C17H28. The molecule has 1 aromatic carbocycles. The van der Waals surface area contributed by atoms with Crippen LogP contribution in [-0.4, -0.2) is 0 Å². The minimum Gasteiger partial charge on any atom is -0.0683 e. The van der Waals surface area contributed by atoms with E-state index in [9.17, 15) is 0 Å². The molecule has 1 aromatic rings. The Morgan fingerprint density at radius 2 is 1.47 bits per heavy atom. The lowest BCUT2D eigenvalue weighted by atomic mass is 9.97. The Kier molecular flexibility index (Phi) is 7.00. The molecule has 96 valence electrons. The molecule has 2 rings (SSSR count). The lowest BCUT2D eigenvalue weighted by molar-refractivity contribution is 0.546. The Morgan fingerprint density at radius 3 is 2.00 bits per heavy atom. The van der Waals surface area contributed by atoms with Crippen molar-refractivity contribution in [1.29, 1.82) is 0 Å². The van der Waals surface area contributed by atoms with Crippen LogP contribution in [0.2, 0.25) is 0 Å². The average Bonchev–Trinajstić information content (AvgIpc) is 2.87. The average molecular weight is 232 g/mol. The van der Waals surface area contributed by atoms with Crippen LogP contribution in [0.15, 0.2) is 24.3 Å². The molecule has 1 fully saturated rings. The highest BCUT2D eigenvalue weighted by molar-refractivity contribution is 5.23. The predicted octanol–water partition coefficient (Wildman–Crippen LogP) is 5.40. The standard InChI is InChI=1S/C15H22.C2H6/c1-2-5-13-8-10-15(11-9-13)12-14-6-3-4-7-14;1-2/h8-11,14H,2-7,12H2,1H3;1-2H3. The predicted molar refractivity (Wildman–Crippen MR) is 77.4 cm³/mol. The Hall–Kier alpha value is -0.780. The van der Waals surface area contributed by atoms with Crippen molar-refractivity contribution in [2.75, 3.05) is 0 Å². The van der Waals surface area contributed by atoms with E-state index >= 15 is 0 Å². The van der Waals surface area contributed by atoms with Crippen molar-refractivity contribution in [2.24, 2.45) is 5.92 Å². The van der Waals surface area contributed by atoms with Crippen LogP contribution in [0, 0.1) is 5.92 Å². The largest absolute Gasteiger partial charge is 0.0683 e. The van der Waals surface area contributed by atoms with Crippen molar-refractivity contribution in [2.45, 2.75) is 65.7 Å². The Morgan fingerprint density at radius 1 is 0.941 bits per heavy atom. The molecule has 0 nitrogen and oxygen atoms in total. The second-order valence-electron chi connectivity index (χ2n) is 4.92. The van der Waals surface area contributed by atoms with Crippen LogP contribution >= 0.6 is 0 Å². The van der Waals surface area contributed by atoms with Crippen LogP contribution in [0.1, 0.15) is 64.0 Å². The van der Waals surface area contributed by atoms with Crippen LogP contribution in [0.25, 0.3) is 0 Å². The lowest BCUT2D eigenvalue weighted by Gasteiger charge is -2.09. The second kappa shape index (κ2) is 8.33. The summed E-state index contributed by atoms with van der Waals surface area (Å²) in [7, 11) is 0. The second-order valence-corrected chi connectivity index (χ2v) is 4.92. The maximum atomic E-state index is 2.34. The van der Waals surface area contributed by atoms with Gasteiger partial charge in [-0.1, -0.05) is 77.1 Å². The number of hydrogen-bond donors (Lipinski definition) is 0. The highest BCUT2D eigenvalue weighted by atomic mass is 14.2. The van der Waals surface area contributed by atoms with Gasteiger partial charge in [-0.25, -0.2) is 0 Å². The van der Waals surface area contributed by atoms with Gasteiger partial charge >= 0.3 is 0 Å². The number of rotatable bonds is 4. The molecule has 0 heteroatoms. The summed E-state index contributed by atoms with van der Waals surface area (Å²) < 4.78 is 0. The summed E-state index contributed by atoms with van der Waals surface area (Å²) in [5.41, 5.74) is 3.04. The number of benzene rings is 1. The first kappa shape index (κ1) is 14.3. The molecule has 0 aromatic heterocycles. The highest BCUT2D eigenvalue weighted by Crippen LogP contribution is 2.27. The molecule has 0 unspecified atom stereocenters. The molecule has 0 radical (unpaired) electrons. The normalized spacial score (nSPS) is 15.5. The van der Waals surface area contributed by atoms with Crippen molar-refractivity contribution >= 4 is 0 Å². The molecule has 0 heterocycles. The highest BCUT2D eigenvalue weighted by Gasteiger charge is 2.14. The fourth-order valence-electron chi connectivity index (χ4n) is 2.68. The molecular weight excluding hydrogens is 204 g/mol. The Labute approximate surface area is 107 Å². The van der Waals surface area contributed by atoms with Gasteiger partial charge in [0.1, 0.15) is 0 Å². The third-order valence-corrected chi connectivity index (χ3v) is 3.56. The molecule has 0 spiro atoms. The number of hydrogen-bond acceptors (Lipinski definition) is 0. The van der Waals surface area contributed by atoms with E-state index < -0.39 is 0 Å². The van der Waals surface area contributed by atoms with Gasteiger partial charge < -0.3 is 0 Å². The van der Waals surface area contributed by atoms with Crippen molar-refractivity contribution in [1.82, 2.24) is 0 Å². The molecule has 0 saturated heterocycles. The van der Waals surface area contributed by atoms with Crippen LogP contribution in [-0.2, 0) is 12.8 Å². The topological polar surface area (TPSA) is 0 Å². The van der Waals surface area contributed by atoms with Crippen molar-refractivity contribution in [3.05, 3.63) is 35.4 Å². The zero-order valence-electron chi connectivity index (χ0n) is 11.8. The van der Waals surface area contributed by atoms with Gasteiger partial charge in [-0.15, -0.1) is 0 Å². The molecule has 0 amide bonds. The third kappa shape index (κ3) is 4.93. The molecule has 0 bridgehead atoms. The van der Waals surface area contributed by atoms with E-state index in [0.717, 1.165) is 5.92 Å². The first-order valence-electron chi connectivity index (χ1n) is 7.46. The molecule has 1 saturated carbocycles. The molecule has 17 heavy (non-hydrogen) atoms. The van der Waals surface area contributed by atoms with Gasteiger partial charge in [0.05, 0.1) is 0 Å². The first-order valence-corrected chi connectivity index (χ1v) is 7.46. The summed E-state index contributed by atoms with van der Waals surface area (Å²) in [6.07, 6.45) is 9.61. The van der Waals surface area contributed by atoms with Gasteiger partial charge in [-0.05, 0) is 29.9 Å². The molecule has 1 aliphatic carbocycles. The van der Waals surface area contributed by atoms with E-state index in [1.807, 2.05) is 13.8 Å². The fourth-order valence-corrected chi connectivity index (χ4v) is 2.68. The maximum absolute atomic E-state index is 2.34. The van der Waals surface area contributed by atoms with Crippen LogP contribution in [0.4, 0.5) is 0 Å². The molecule has 0 atom stereocenters. The smallest absolute Gasteiger partial charge is 0.0250 e. The van der Waals surface area contributed by atoms with E-state index in [1.54, 1.807) is 5.56 Å². The summed E-state index contributed by atoms with van der Waals surface area (Å²) >= 11 is 0. The summed E-state index contributed by atoms with van der Waals surface area (Å²) in [6, 6.07) is 9.30. The summed E-state index contributed by atoms with van der Waals surface area (Å²) in [6.45, 7) is 6.24. The summed E-state index contributed by atoms with van der Waals surface area (Å²) in [5, 5.41) is 0. The molecule has 0 aliphatic heterocycles.